The standard InChI is InChI=1S/C16H17NO3S/c1-11(2)21(19,20)10-9-17-14-8-4-6-12-5-3-7-13(15(12)14)16(17)18/h3-8,11H,9-10H2,1-2H3. The van der Waals surface area contributed by atoms with E-state index in [0.29, 0.717) is 5.56 Å². The Morgan fingerprint density at radius 1 is 1.10 bits per heavy atom. The molecule has 1 aliphatic heterocycles. The highest BCUT2D eigenvalue weighted by molar-refractivity contribution is 7.92. The smallest absolute Gasteiger partial charge is 0.259 e. The van der Waals surface area contributed by atoms with Crippen molar-refractivity contribution in [3.05, 3.63) is 42.0 Å². The highest BCUT2D eigenvalue weighted by atomic mass is 32.2. The van der Waals surface area contributed by atoms with E-state index in [1.165, 1.54) is 0 Å². The molecule has 0 aliphatic carbocycles. The van der Waals surface area contributed by atoms with E-state index in [9.17, 15) is 13.2 Å². The molecule has 5 heteroatoms. The summed E-state index contributed by atoms with van der Waals surface area (Å²) < 4.78 is 23.9. The van der Waals surface area contributed by atoms with Crippen molar-refractivity contribution in [1.29, 1.82) is 0 Å². The lowest BCUT2D eigenvalue weighted by molar-refractivity contribution is 0.0994. The van der Waals surface area contributed by atoms with Gasteiger partial charge in [-0.15, -0.1) is 0 Å². The van der Waals surface area contributed by atoms with E-state index in [-0.39, 0.29) is 18.2 Å². The van der Waals surface area contributed by atoms with Gasteiger partial charge in [-0.25, -0.2) is 8.42 Å². The molecule has 1 heterocycles. The van der Waals surface area contributed by atoms with Crippen molar-refractivity contribution >= 4 is 32.2 Å². The van der Waals surface area contributed by atoms with Crippen LogP contribution in [0.1, 0.15) is 24.2 Å². The predicted octanol–water partition coefficient (Wildman–Crippen LogP) is 2.62. The van der Waals surface area contributed by atoms with Crippen LogP contribution < -0.4 is 4.90 Å². The normalized spacial score (nSPS) is 14.4. The maximum Gasteiger partial charge on any atom is 0.259 e. The number of hydrogen-bond donors (Lipinski definition) is 0. The fourth-order valence-corrected chi connectivity index (χ4v) is 3.56. The third-order valence-electron chi connectivity index (χ3n) is 3.97. The lowest BCUT2D eigenvalue weighted by Gasteiger charge is -2.18. The van der Waals surface area contributed by atoms with Gasteiger partial charge in [0.25, 0.3) is 5.91 Å². The summed E-state index contributed by atoms with van der Waals surface area (Å²) in [5.74, 6) is -0.124. The Morgan fingerprint density at radius 3 is 2.43 bits per heavy atom. The number of rotatable bonds is 4. The summed E-state index contributed by atoms with van der Waals surface area (Å²) in [5.41, 5.74) is 1.47. The molecule has 0 saturated heterocycles. The van der Waals surface area contributed by atoms with E-state index in [1.807, 2.05) is 30.3 Å². The van der Waals surface area contributed by atoms with Crippen molar-refractivity contribution in [2.24, 2.45) is 0 Å². The molecule has 0 radical (unpaired) electrons. The molecule has 0 unspecified atom stereocenters. The van der Waals surface area contributed by atoms with Crippen LogP contribution in [0.5, 0.6) is 0 Å². The Hall–Kier alpha value is -1.88. The second-order valence-corrected chi connectivity index (χ2v) is 8.23. The Labute approximate surface area is 124 Å². The van der Waals surface area contributed by atoms with Crippen LogP contribution in [0, 0.1) is 0 Å². The zero-order chi connectivity index (χ0) is 15.2. The van der Waals surface area contributed by atoms with Gasteiger partial charge in [0.1, 0.15) is 0 Å². The maximum atomic E-state index is 12.5. The largest absolute Gasteiger partial charge is 0.307 e. The highest BCUT2D eigenvalue weighted by Gasteiger charge is 2.30. The molecule has 0 N–H and O–H groups in total. The SMILES string of the molecule is CC(C)S(=O)(=O)CCN1C(=O)c2cccc3cccc1c23. The van der Waals surface area contributed by atoms with Crippen LogP contribution in [0.2, 0.25) is 0 Å². The third-order valence-corrected chi connectivity index (χ3v) is 6.15. The summed E-state index contributed by atoms with van der Waals surface area (Å²) in [5, 5.41) is 1.51. The molecule has 2 aromatic carbocycles. The van der Waals surface area contributed by atoms with Crippen LogP contribution in [-0.4, -0.2) is 31.9 Å². The maximum absolute atomic E-state index is 12.5. The van der Waals surface area contributed by atoms with Gasteiger partial charge < -0.3 is 4.90 Å². The lowest BCUT2D eigenvalue weighted by atomic mass is 10.1. The molecule has 1 amide bonds. The fraction of sp³-hybridized carbons (Fsp3) is 0.312. The van der Waals surface area contributed by atoms with Gasteiger partial charge in [-0.1, -0.05) is 24.3 Å². The number of benzene rings is 2. The summed E-state index contributed by atoms with van der Waals surface area (Å²) in [6.07, 6.45) is 0. The van der Waals surface area contributed by atoms with Crippen LogP contribution >= 0.6 is 0 Å². The van der Waals surface area contributed by atoms with Crippen LogP contribution in [0.15, 0.2) is 36.4 Å². The highest BCUT2D eigenvalue weighted by Crippen LogP contribution is 2.36. The lowest BCUT2D eigenvalue weighted by Crippen LogP contribution is -2.33. The summed E-state index contributed by atoms with van der Waals surface area (Å²) in [7, 11) is -3.16. The Morgan fingerprint density at radius 2 is 1.76 bits per heavy atom. The molecule has 0 saturated carbocycles. The van der Waals surface area contributed by atoms with Gasteiger partial charge >= 0.3 is 0 Å². The van der Waals surface area contributed by atoms with Crippen molar-refractivity contribution in [2.75, 3.05) is 17.2 Å². The van der Waals surface area contributed by atoms with E-state index in [0.717, 1.165) is 16.5 Å². The molecule has 0 bridgehead atoms. The van der Waals surface area contributed by atoms with Crippen LogP contribution in [0.3, 0.4) is 0 Å². The molecule has 0 atom stereocenters. The molecule has 21 heavy (non-hydrogen) atoms. The first-order valence-electron chi connectivity index (χ1n) is 6.97. The number of carbonyl (C=O) groups is 1. The first kappa shape index (κ1) is 14.1. The number of sulfone groups is 1. The molecular weight excluding hydrogens is 286 g/mol. The zero-order valence-corrected chi connectivity index (χ0v) is 12.9. The molecule has 1 aliphatic rings. The summed E-state index contributed by atoms with van der Waals surface area (Å²) in [6.45, 7) is 3.53. The van der Waals surface area contributed by atoms with E-state index in [1.54, 1.807) is 24.8 Å². The predicted molar refractivity (Wildman–Crippen MR) is 84.5 cm³/mol. The van der Waals surface area contributed by atoms with Gasteiger partial charge in [0, 0.05) is 17.5 Å². The van der Waals surface area contributed by atoms with Gasteiger partial charge in [-0.05, 0) is 31.4 Å². The second kappa shape index (κ2) is 4.84. The van der Waals surface area contributed by atoms with Gasteiger partial charge in [0.05, 0.1) is 16.7 Å². The first-order valence-corrected chi connectivity index (χ1v) is 8.68. The minimum Gasteiger partial charge on any atom is -0.307 e. The minimum atomic E-state index is -3.16. The van der Waals surface area contributed by atoms with Crippen molar-refractivity contribution < 1.29 is 13.2 Å². The first-order chi connectivity index (χ1) is 9.92. The van der Waals surface area contributed by atoms with Gasteiger partial charge in [-0.2, -0.15) is 0 Å². The van der Waals surface area contributed by atoms with E-state index in [2.05, 4.69) is 0 Å². The number of amides is 1. The Bertz CT molecular complexity index is 819. The number of anilines is 1. The van der Waals surface area contributed by atoms with E-state index >= 15 is 0 Å². The van der Waals surface area contributed by atoms with E-state index < -0.39 is 15.1 Å². The third kappa shape index (κ3) is 2.21. The van der Waals surface area contributed by atoms with E-state index in [4.69, 9.17) is 0 Å². The molecule has 0 spiro atoms. The van der Waals surface area contributed by atoms with Crippen molar-refractivity contribution in [1.82, 2.24) is 0 Å². The summed E-state index contributed by atoms with van der Waals surface area (Å²) >= 11 is 0. The summed E-state index contributed by atoms with van der Waals surface area (Å²) in [6, 6.07) is 11.3. The topological polar surface area (TPSA) is 54.5 Å². The van der Waals surface area contributed by atoms with Gasteiger partial charge in [0.2, 0.25) is 0 Å². The average Bonchev–Trinajstić information content (AvgIpc) is 2.72. The molecule has 110 valence electrons. The molecular formula is C16H17NO3S. The average molecular weight is 303 g/mol. The van der Waals surface area contributed by atoms with Crippen molar-refractivity contribution in [2.45, 2.75) is 19.1 Å². The van der Waals surface area contributed by atoms with Crippen molar-refractivity contribution in [3.8, 4) is 0 Å². The van der Waals surface area contributed by atoms with Crippen molar-refractivity contribution in [3.63, 3.8) is 0 Å². The van der Waals surface area contributed by atoms with Gasteiger partial charge in [0.15, 0.2) is 9.84 Å². The molecule has 3 rings (SSSR count). The quantitative estimate of drug-likeness (QED) is 0.872. The number of hydrogen-bond acceptors (Lipinski definition) is 3. The van der Waals surface area contributed by atoms with Gasteiger partial charge in [-0.3, -0.25) is 4.79 Å². The Balaban J connectivity index is 1.97. The molecule has 0 fully saturated rings. The Kier molecular flexibility index (Phi) is 3.24. The second-order valence-electron chi connectivity index (χ2n) is 5.55. The number of nitrogens with zero attached hydrogens (tertiary/aromatic N) is 1. The van der Waals surface area contributed by atoms with Crippen LogP contribution in [-0.2, 0) is 9.84 Å². The number of carbonyl (C=O) groups excluding carboxylic acids is 1. The monoisotopic (exact) mass is 303 g/mol. The molecule has 0 aromatic heterocycles. The fourth-order valence-electron chi connectivity index (χ4n) is 2.66. The summed E-state index contributed by atoms with van der Waals surface area (Å²) in [4.78, 5) is 14.1. The zero-order valence-electron chi connectivity index (χ0n) is 12.0. The molecule has 4 nitrogen and oxygen atoms in total. The minimum absolute atomic E-state index is 0.0131. The molecule has 2 aromatic rings. The van der Waals surface area contributed by atoms with Crippen LogP contribution in [0.25, 0.3) is 10.8 Å². The van der Waals surface area contributed by atoms with Crippen LogP contribution in [0.4, 0.5) is 5.69 Å².